The van der Waals surface area contributed by atoms with Gasteiger partial charge in [-0.2, -0.15) is 0 Å². The predicted molar refractivity (Wildman–Crippen MR) is 65.9 cm³/mol. The molecule has 0 aromatic carbocycles. The molecule has 0 atom stereocenters. The van der Waals surface area contributed by atoms with Gasteiger partial charge in [0.25, 0.3) is 0 Å². The molecule has 0 rings (SSSR count). The number of ether oxygens (including phenoxy) is 3. The van der Waals surface area contributed by atoms with Gasteiger partial charge in [0, 0.05) is 13.7 Å². The molecule has 16 heavy (non-hydrogen) atoms. The molecule has 1 N–H and O–H groups in total. The van der Waals surface area contributed by atoms with Crippen LogP contribution in [0, 0.1) is 0 Å². The first-order valence-corrected chi connectivity index (χ1v) is 6.27. The molecular formula is C12H27NO3. The van der Waals surface area contributed by atoms with Crippen LogP contribution in [0.25, 0.3) is 0 Å². The van der Waals surface area contributed by atoms with Crippen molar-refractivity contribution in [3.05, 3.63) is 0 Å². The van der Waals surface area contributed by atoms with Crippen LogP contribution in [-0.4, -0.2) is 53.2 Å². The van der Waals surface area contributed by atoms with Crippen molar-refractivity contribution in [2.75, 3.05) is 53.2 Å². The Morgan fingerprint density at radius 2 is 1.50 bits per heavy atom. The van der Waals surface area contributed by atoms with Gasteiger partial charge in [-0.05, 0) is 32.4 Å². The second-order valence-electron chi connectivity index (χ2n) is 3.67. The van der Waals surface area contributed by atoms with Gasteiger partial charge in [-0.1, -0.05) is 6.92 Å². The van der Waals surface area contributed by atoms with Crippen molar-refractivity contribution < 1.29 is 14.2 Å². The fraction of sp³-hybridized carbons (Fsp3) is 1.00. The maximum Gasteiger partial charge on any atom is 0.0701 e. The monoisotopic (exact) mass is 233 g/mol. The Morgan fingerprint density at radius 1 is 0.812 bits per heavy atom. The van der Waals surface area contributed by atoms with Crippen molar-refractivity contribution in [1.29, 1.82) is 0 Å². The number of hydrogen-bond acceptors (Lipinski definition) is 4. The van der Waals surface area contributed by atoms with Crippen molar-refractivity contribution in [2.45, 2.75) is 26.2 Å². The summed E-state index contributed by atoms with van der Waals surface area (Å²) < 4.78 is 15.6. The Balaban J connectivity index is 2.83. The van der Waals surface area contributed by atoms with Gasteiger partial charge < -0.3 is 19.5 Å². The SMILES string of the molecule is CCCNCCCCOCCOCCOC. The van der Waals surface area contributed by atoms with Gasteiger partial charge >= 0.3 is 0 Å². The molecule has 4 heteroatoms. The summed E-state index contributed by atoms with van der Waals surface area (Å²) in [4.78, 5) is 0. The predicted octanol–water partition coefficient (Wildman–Crippen LogP) is 1.45. The molecule has 0 unspecified atom stereocenters. The summed E-state index contributed by atoms with van der Waals surface area (Å²) in [5.74, 6) is 0. The zero-order valence-corrected chi connectivity index (χ0v) is 10.8. The fourth-order valence-electron chi connectivity index (χ4n) is 1.22. The van der Waals surface area contributed by atoms with Gasteiger partial charge in [-0.3, -0.25) is 0 Å². The number of nitrogens with one attached hydrogen (secondary N) is 1. The summed E-state index contributed by atoms with van der Waals surface area (Å²) >= 11 is 0. The van der Waals surface area contributed by atoms with Crippen molar-refractivity contribution in [3.8, 4) is 0 Å². The van der Waals surface area contributed by atoms with E-state index in [1.165, 1.54) is 12.8 Å². The summed E-state index contributed by atoms with van der Waals surface area (Å²) in [5, 5.41) is 3.37. The standard InChI is InChI=1S/C12H27NO3/c1-3-6-13-7-4-5-8-15-11-12-16-10-9-14-2/h13H,3-12H2,1-2H3. The Bertz CT molecular complexity index is 109. The smallest absolute Gasteiger partial charge is 0.0701 e. The van der Waals surface area contributed by atoms with E-state index in [2.05, 4.69) is 12.2 Å². The molecule has 0 aliphatic carbocycles. The Kier molecular flexibility index (Phi) is 14.7. The molecule has 0 bridgehead atoms. The van der Waals surface area contributed by atoms with Crippen molar-refractivity contribution in [2.24, 2.45) is 0 Å². The molecule has 0 aromatic rings. The Morgan fingerprint density at radius 3 is 2.19 bits per heavy atom. The fourth-order valence-corrected chi connectivity index (χ4v) is 1.22. The number of methoxy groups -OCH3 is 1. The molecule has 0 amide bonds. The van der Waals surface area contributed by atoms with Crippen LogP contribution in [0.5, 0.6) is 0 Å². The van der Waals surface area contributed by atoms with Gasteiger partial charge in [-0.15, -0.1) is 0 Å². The second kappa shape index (κ2) is 14.8. The summed E-state index contributed by atoms with van der Waals surface area (Å²) in [6.07, 6.45) is 3.51. The summed E-state index contributed by atoms with van der Waals surface area (Å²) in [6.45, 7) is 7.89. The third-order valence-electron chi connectivity index (χ3n) is 2.12. The van der Waals surface area contributed by atoms with Crippen LogP contribution in [0.4, 0.5) is 0 Å². The van der Waals surface area contributed by atoms with Crippen LogP contribution in [0.3, 0.4) is 0 Å². The number of hydrogen-bond donors (Lipinski definition) is 1. The Hall–Kier alpha value is -0.160. The van der Waals surface area contributed by atoms with Crippen LogP contribution in [0.1, 0.15) is 26.2 Å². The molecule has 0 aliphatic rings. The van der Waals surface area contributed by atoms with E-state index in [4.69, 9.17) is 14.2 Å². The highest BCUT2D eigenvalue weighted by molar-refractivity contribution is 4.46. The molecule has 0 heterocycles. The first kappa shape index (κ1) is 15.8. The highest BCUT2D eigenvalue weighted by atomic mass is 16.5. The third kappa shape index (κ3) is 13.8. The normalized spacial score (nSPS) is 10.9. The van der Waals surface area contributed by atoms with Crippen molar-refractivity contribution in [3.63, 3.8) is 0 Å². The molecule has 0 aromatic heterocycles. The molecule has 0 fully saturated rings. The first-order chi connectivity index (χ1) is 7.91. The zero-order valence-electron chi connectivity index (χ0n) is 10.8. The highest BCUT2D eigenvalue weighted by Crippen LogP contribution is 1.89. The summed E-state index contributed by atoms with van der Waals surface area (Å²) in [5.41, 5.74) is 0. The van der Waals surface area contributed by atoms with E-state index < -0.39 is 0 Å². The van der Waals surface area contributed by atoms with E-state index in [0.717, 1.165) is 26.1 Å². The van der Waals surface area contributed by atoms with E-state index in [0.29, 0.717) is 26.4 Å². The maximum absolute atomic E-state index is 5.43. The van der Waals surface area contributed by atoms with Crippen LogP contribution >= 0.6 is 0 Å². The van der Waals surface area contributed by atoms with Gasteiger partial charge in [-0.25, -0.2) is 0 Å². The molecule has 0 spiro atoms. The second-order valence-corrected chi connectivity index (χ2v) is 3.67. The van der Waals surface area contributed by atoms with Crippen molar-refractivity contribution in [1.82, 2.24) is 5.32 Å². The highest BCUT2D eigenvalue weighted by Gasteiger charge is 1.91. The summed E-state index contributed by atoms with van der Waals surface area (Å²) in [6, 6.07) is 0. The van der Waals surface area contributed by atoms with Crippen LogP contribution in [0.2, 0.25) is 0 Å². The topological polar surface area (TPSA) is 39.7 Å². The minimum absolute atomic E-state index is 0.654. The molecular weight excluding hydrogens is 206 g/mol. The van der Waals surface area contributed by atoms with Crippen LogP contribution < -0.4 is 5.32 Å². The lowest BCUT2D eigenvalue weighted by Gasteiger charge is -2.06. The Labute approximate surface area is 99.6 Å². The lowest BCUT2D eigenvalue weighted by molar-refractivity contribution is 0.0240. The van der Waals surface area contributed by atoms with E-state index in [9.17, 15) is 0 Å². The van der Waals surface area contributed by atoms with Crippen LogP contribution in [-0.2, 0) is 14.2 Å². The molecule has 0 saturated heterocycles. The van der Waals surface area contributed by atoms with Gasteiger partial charge in [0.15, 0.2) is 0 Å². The van der Waals surface area contributed by atoms with Gasteiger partial charge in [0.2, 0.25) is 0 Å². The first-order valence-electron chi connectivity index (χ1n) is 6.27. The lowest BCUT2D eigenvalue weighted by atomic mass is 10.3. The molecule has 4 nitrogen and oxygen atoms in total. The maximum atomic E-state index is 5.43. The molecule has 0 radical (unpaired) electrons. The average molecular weight is 233 g/mol. The van der Waals surface area contributed by atoms with Gasteiger partial charge in [0.05, 0.1) is 26.4 Å². The minimum Gasteiger partial charge on any atom is -0.382 e. The lowest BCUT2D eigenvalue weighted by Crippen LogP contribution is -2.16. The number of unbranched alkanes of at least 4 members (excludes halogenated alkanes) is 1. The molecule has 0 saturated carbocycles. The quantitative estimate of drug-likeness (QED) is 0.489. The van der Waals surface area contributed by atoms with Gasteiger partial charge in [0.1, 0.15) is 0 Å². The minimum atomic E-state index is 0.654. The molecule has 0 aliphatic heterocycles. The summed E-state index contributed by atoms with van der Waals surface area (Å²) in [7, 11) is 1.67. The zero-order chi connectivity index (χ0) is 11.9. The largest absolute Gasteiger partial charge is 0.382 e. The van der Waals surface area contributed by atoms with Crippen molar-refractivity contribution >= 4 is 0 Å². The van der Waals surface area contributed by atoms with E-state index in [1.807, 2.05) is 0 Å². The van der Waals surface area contributed by atoms with E-state index in [1.54, 1.807) is 7.11 Å². The number of rotatable bonds is 13. The molecule has 98 valence electrons. The van der Waals surface area contributed by atoms with Crippen LogP contribution in [0.15, 0.2) is 0 Å². The third-order valence-corrected chi connectivity index (χ3v) is 2.12. The van der Waals surface area contributed by atoms with E-state index in [-0.39, 0.29) is 0 Å². The van der Waals surface area contributed by atoms with E-state index >= 15 is 0 Å². The average Bonchev–Trinajstić information content (AvgIpc) is 2.31.